The van der Waals surface area contributed by atoms with Crippen molar-refractivity contribution in [3.05, 3.63) is 71.8 Å². The van der Waals surface area contributed by atoms with E-state index >= 15 is 0 Å². The van der Waals surface area contributed by atoms with E-state index in [9.17, 15) is 14.4 Å². The highest BCUT2D eigenvalue weighted by Gasteiger charge is 2.52. The Hall–Kier alpha value is -2.88. The van der Waals surface area contributed by atoms with Crippen LogP contribution in [0.25, 0.3) is 0 Å². The van der Waals surface area contributed by atoms with Gasteiger partial charge < -0.3 is 28.0 Å². The molecule has 37 heavy (non-hydrogen) atoms. The first-order valence-electron chi connectivity index (χ1n) is 11.7. The molecule has 0 radical (unpaired) electrons. The Kier molecular flexibility index (Phi) is 11.0. The normalized spacial score (nSPS) is 23.3. The molecular weight excluding hydrogens is 503 g/mol. The van der Waals surface area contributed by atoms with Crippen LogP contribution in [0, 0.1) is 0 Å². The summed E-state index contributed by atoms with van der Waals surface area (Å²) in [5.74, 6) is -1.94. The molecule has 1 saturated heterocycles. The Balaban J connectivity index is 1.83. The summed E-state index contributed by atoms with van der Waals surface area (Å²) >= 11 is 0. The number of hydrogen-bond donors (Lipinski definition) is 0. The first-order valence-corrected chi connectivity index (χ1v) is 12.8. The minimum Gasteiger partial charge on any atom is -0.456 e. The molecule has 0 N–H and O–H groups in total. The van der Waals surface area contributed by atoms with Crippen molar-refractivity contribution in [2.45, 2.75) is 71.6 Å². The summed E-state index contributed by atoms with van der Waals surface area (Å²) in [6.07, 6.45) is -5.49. The second-order valence-corrected chi connectivity index (χ2v) is 9.45. The van der Waals surface area contributed by atoms with Gasteiger partial charge in [-0.05, 0) is 18.1 Å². The summed E-state index contributed by atoms with van der Waals surface area (Å²) in [5, 5.41) is 0. The number of ether oxygens (including phenoxy) is 4. The number of rotatable bonds is 11. The van der Waals surface area contributed by atoms with Crippen molar-refractivity contribution in [2.75, 3.05) is 0 Å². The minimum absolute atomic E-state index is 0.186. The number of esters is 3. The van der Waals surface area contributed by atoms with Gasteiger partial charge in [-0.3, -0.25) is 18.9 Å². The van der Waals surface area contributed by atoms with Crippen molar-refractivity contribution in [2.24, 2.45) is 0 Å². The molecule has 0 aromatic heterocycles. The third kappa shape index (κ3) is 9.18. The molecule has 11 heteroatoms. The predicted octanol–water partition coefficient (Wildman–Crippen LogP) is 4.20. The van der Waals surface area contributed by atoms with E-state index in [1.54, 1.807) is 6.92 Å². The minimum atomic E-state index is -2.04. The maximum atomic E-state index is 12.0. The average molecular weight is 534 g/mol. The lowest BCUT2D eigenvalue weighted by molar-refractivity contribution is -0.282. The summed E-state index contributed by atoms with van der Waals surface area (Å²) in [6.45, 7) is 5.61. The molecule has 1 aliphatic rings. The van der Waals surface area contributed by atoms with E-state index in [2.05, 4.69) is 0 Å². The van der Waals surface area contributed by atoms with E-state index in [0.29, 0.717) is 0 Å². The summed E-state index contributed by atoms with van der Waals surface area (Å²) in [7, 11) is -2.04. The van der Waals surface area contributed by atoms with Crippen molar-refractivity contribution >= 4 is 26.5 Å². The fourth-order valence-corrected chi connectivity index (χ4v) is 4.69. The molecule has 2 aromatic carbocycles. The maximum absolute atomic E-state index is 12.0. The van der Waals surface area contributed by atoms with Gasteiger partial charge in [-0.25, -0.2) is 0 Å². The number of carbonyl (C=O) groups excluding carboxylic acids is 3. The Morgan fingerprint density at radius 2 is 1.14 bits per heavy atom. The smallest absolute Gasteiger partial charge is 0.335 e. The Morgan fingerprint density at radius 3 is 1.59 bits per heavy atom. The van der Waals surface area contributed by atoms with Crippen molar-refractivity contribution in [3.8, 4) is 0 Å². The Bertz CT molecular complexity index is 975. The molecule has 0 bridgehead atoms. The second kappa shape index (κ2) is 14.2. The van der Waals surface area contributed by atoms with E-state index in [4.69, 9.17) is 32.5 Å². The van der Waals surface area contributed by atoms with Crippen LogP contribution in [-0.4, -0.2) is 48.6 Å². The number of hydrogen-bond acceptors (Lipinski definition) is 10. The highest BCUT2D eigenvalue weighted by Crippen LogP contribution is 2.46. The van der Waals surface area contributed by atoms with Crippen LogP contribution in [0.1, 0.15) is 38.8 Å². The molecule has 0 amide bonds. The molecule has 0 saturated carbocycles. The van der Waals surface area contributed by atoms with Gasteiger partial charge >= 0.3 is 26.5 Å². The van der Waals surface area contributed by atoms with Gasteiger partial charge in [-0.15, -0.1) is 0 Å². The van der Waals surface area contributed by atoms with Crippen molar-refractivity contribution in [1.29, 1.82) is 0 Å². The van der Waals surface area contributed by atoms with Crippen LogP contribution in [0.5, 0.6) is 0 Å². The van der Waals surface area contributed by atoms with Gasteiger partial charge in [0.05, 0.1) is 19.3 Å². The maximum Gasteiger partial charge on any atom is 0.335 e. The SMILES string of the molecule is CC(=O)O[C@H]1[C@H](OC(C)=O)C(OP(OCc2ccccc2)OCc2ccccc2)OC(C)[C@@H]1OC(C)=O. The molecule has 10 nitrogen and oxygen atoms in total. The lowest BCUT2D eigenvalue weighted by atomic mass is 9.99. The van der Waals surface area contributed by atoms with Crippen LogP contribution in [0.3, 0.4) is 0 Å². The van der Waals surface area contributed by atoms with Crippen LogP contribution >= 0.6 is 8.60 Å². The fraction of sp³-hybridized carbons (Fsp3) is 0.423. The quantitative estimate of drug-likeness (QED) is 0.236. The lowest BCUT2D eigenvalue weighted by Gasteiger charge is -2.43. The molecule has 0 aliphatic carbocycles. The summed E-state index contributed by atoms with van der Waals surface area (Å²) in [5.41, 5.74) is 1.79. The third-order valence-electron chi connectivity index (χ3n) is 5.18. The average Bonchev–Trinajstić information content (AvgIpc) is 2.86. The van der Waals surface area contributed by atoms with E-state index in [1.807, 2.05) is 60.7 Å². The molecule has 3 rings (SSSR count). The first kappa shape index (κ1) is 28.7. The molecular formula is C26H31O10P. The summed E-state index contributed by atoms with van der Waals surface area (Å²) in [6, 6.07) is 18.9. The molecule has 2 unspecified atom stereocenters. The monoisotopic (exact) mass is 534 g/mol. The van der Waals surface area contributed by atoms with Crippen molar-refractivity contribution in [1.82, 2.24) is 0 Å². The van der Waals surface area contributed by atoms with Crippen LogP contribution in [0.4, 0.5) is 0 Å². The van der Waals surface area contributed by atoms with Gasteiger partial charge in [0.2, 0.25) is 6.29 Å². The molecule has 1 heterocycles. The fourth-order valence-electron chi connectivity index (χ4n) is 3.64. The predicted molar refractivity (Wildman–Crippen MR) is 131 cm³/mol. The molecule has 1 fully saturated rings. The lowest BCUT2D eigenvalue weighted by Crippen LogP contribution is -2.60. The highest BCUT2D eigenvalue weighted by molar-refractivity contribution is 7.41. The molecule has 200 valence electrons. The van der Waals surface area contributed by atoms with Crippen LogP contribution < -0.4 is 0 Å². The largest absolute Gasteiger partial charge is 0.456 e. The van der Waals surface area contributed by atoms with Gasteiger partial charge in [0, 0.05) is 20.8 Å². The third-order valence-corrected chi connectivity index (χ3v) is 6.24. The van der Waals surface area contributed by atoms with Crippen LogP contribution in [0.2, 0.25) is 0 Å². The van der Waals surface area contributed by atoms with E-state index in [0.717, 1.165) is 11.1 Å². The second-order valence-electron chi connectivity index (χ2n) is 8.28. The molecule has 0 spiro atoms. The van der Waals surface area contributed by atoms with E-state index in [1.165, 1.54) is 20.8 Å². The zero-order valence-corrected chi connectivity index (χ0v) is 22.0. The topological polar surface area (TPSA) is 116 Å². The highest BCUT2D eigenvalue weighted by atomic mass is 31.2. The standard InChI is InChI=1S/C26H31O10P/c1-17-23(33-18(2)27)24(34-19(3)28)25(35-20(4)29)26(32-17)36-37(30-15-21-11-7-5-8-12-21)31-16-22-13-9-6-10-14-22/h5-14,17,23-26H,15-16H2,1-4H3/t17?,23-,24+,25-,26?/m0/s1. The molecule has 2 aromatic rings. The van der Waals surface area contributed by atoms with Gasteiger partial charge in [0.25, 0.3) is 0 Å². The van der Waals surface area contributed by atoms with Gasteiger partial charge in [0.1, 0.15) is 0 Å². The van der Waals surface area contributed by atoms with Crippen LogP contribution in [0.15, 0.2) is 60.7 Å². The first-order chi connectivity index (χ1) is 17.7. The van der Waals surface area contributed by atoms with E-state index < -0.39 is 57.2 Å². The van der Waals surface area contributed by atoms with Crippen molar-refractivity contribution < 1.29 is 46.9 Å². The zero-order chi connectivity index (χ0) is 26.8. The van der Waals surface area contributed by atoms with Gasteiger partial charge in [0.15, 0.2) is 18.3 Å². The van der Waals surface area contributed by atoms with Gasteiger partial charge in [-0.1, -0.05) is 60.7 Å². The van der Waals surface area contributed by atoms with E-state index in [-0.39, 0.29) is 13.2 Å². The zero-order valence-electron chi connectivity index (χ0n) is 21.1. The van der Waals surface area contributed by atoms with Gasteiger partial charge in [-0.2, -0.15) is 0 Å². The summed E-state index contributed by atoms with van der Waals surface area (Å²) in [4.78, 5) is 35.6. The van der Waals surface area contributed by atoms with Crippen LogP contribution in [-0.2, 0) is 60.1 Å². The molecule has 1 aliphatic heterocycles. The van der Waals surface area contributed by atoms with Crippen molar-refractivity contribution in [3.63, 3.8) is 0 Å². The Morgan fingerprint density at radius 1 is 0.703 bits per heavy atom. The Labute approximate surface area is 217 Å². The number of benzene rings is 2. The number of carbonyl (C=O) groups is 3. The summed E-state index contributed by atoms with van der Waals surface area (Å²) < 4.78 is 40.2. The molecule has 5 atom stereocenters.